The van der Waals surface area contributed by atoms with Gasteiger partial charge < -0.3 is 25.5 Å². The summed E-state index contributed by atoms with van der Waals surface area (Å²) < 4.78 is 1.49. The lowest BCUT2D eigenvalue weighted by molar-refractivity contribution is -0.939. The van der Waals surface area contributed by atoms with Crippen molar-refractivity contribution in [2.45, 2.75) is 78.3 Å². The summed E-state index contributed by atoms with van der Waals surface area (Å²) >= 11 is 0. The lowest BCUT2D eigenvalue weighted by Crippen LogP contribution is -2.56. The number of ketones is 1. The number of amides is 3. The number of anilines is 1. The van der Waals surface area contributed by atoms with E-state index >= 15 is 0 Å². The van der Waals surface area contributed by atoms with Crippen LogP contribution < -0.4 is 16.0 Å². The van der Waals surface area contributed by atoms with E-state index < -0.39 is 12.1 Å². The zero-order valence-electron chi connectivity index (χ0n) is 24.5. The largest absolute Gasteiger partial charge is 0.508 e. The molecule has 2 saturated heterocycles. The van der Waals surface area contributed by atoms with Crippen LogP contribution in [-0.4, -0.2) is 65.6 Å². The zero-order chi connectivity index (χ0) is 29.1. The van der Waals surface area contributed by atoms with Crippen LogP contribution in [0.15, 0.2) is 48.5 Å². The lowest BCUT2D eigenvalue weighted by atomic mass is 9.94. The standard InChI is InChI=1S/C21H25N3O4.C11H22N/c1-13(2)22-20(27)16-6-8-17(9-7-16)23-21(28)24-19(14(3)25)12-15-4-10-18(26)11-5-15;1-11-6-5-9-12(10-11)7-3-2-4-8-12/h4-11,13,19,26H,12H2,1-3H3,(H,22,27)(H2,23,24,28);11H,2-10H2,1H3/q;+1/t19-;/m0./s1. The molecule has 2 aliphatic heterocycles. The van der Waals surface area contributed by atoms with Gasteiger partial charge in [-0.3, -0.25) is 9.59 Å². The molecule has 2 atom stereocenters. The Labute approximate surface area is 239 Å². The molecular weight excluding hydrogens is 504 g/mol. The third-order valence-corrected chi connectivity index (χ3v) is 7.79. The highest BCUT2D eigenvalue weighted by molar-refractivity contribution is 5.96. The number of nitrogens with zero attached hydrogens (tertiary/aromatic N) is 1. The second-order valence-electron chi connectivity index (χ2n) is 11.8. The number of hydrogen-bond donors (Lipinski definition) is 4. The number of urea groups is 1. The first-order valence-corrected chi connectivity index (χ1v) is 14.7. The van der Waals surface area contributed by atoms with Gasteiger partial charge >= 0.3 is 6.03 Å². The summed E-state index contributed by atoms with van der Waals surface area (Å²) in [4.78, 5) is 36.1. The van der Waals surface area contributed by atoms with Gasteiger partial charge in [0.1, 0.15) is 5.75 Å². The third-order valence-electron chi connectivity index (χ3n) is 7.79. The van der Waals surface area contributed by atoms with Crippen LogP contribution in [0.5, 0.6) is 5.75 Å². The second kappa shape index (κ2) is 14.8. The maximum absolute atomic E-state index is 12.2. The van der Waals surface area contributed by atoms with Crippen molar-refractivity contribution in [3.8, 4) is 5.75 Å². The molecule has 8 heteroatoms. The first kappa shape index (κ1) is 31.1. The molecule has 40 heavy (non-hydrogen) atoms. The molecule has 0 bridgehead atoms. The number of piperidine rings is 2. The van der Waals surface area contributed by atoms with Crippen molar-refractivity contribution in [1.82, 2.24) is 10.6 Å². The van der Waals surface area contributed by atoms with Crippen LogP contribution in [0.2, 0.25) is 0 Å². The van der Waals surface area contributed by atoms with Crippen LogP contribution in [0.1, 0.15) is 75.7 Å². The molecule has 4 rings (SSSR count). The van der Waals surface area contributed by atoms with Crippen LogP contribution >= 0.6 is 0 Å². The van der Waals surface area contributed by atoms with Gasteiger partial charge in [-0.05, 0) is 101 Å². The summed E-state index contributed by atoms with van der Waals surface area (Å²) in [5, 5.41) is 17.4. The summed E-state index contributed by atoms with van der Waals surface area (Å²) in [7, 11) is 0. The number of phenolic OH excluding ortho intramolecular Hbond substituents is 1. The number of rotatable bonds is 7. The van der Waals surface area contributed by atoms with Gasteiger partial charge in [0.25, 0.3) is 5.91 Å². The van der Waals surface area contributed by atoms with E-state index in [2.05, 4.69) is 22.9 Å². The van der Waals surface area contributed by atoms with E-state index in [1.165, 1.54) is 81.8 Å². The van der Waals surface area contributed by atoms with Gasteiger partial charge in [-0.1, -0.05) is 19.1 Å². The lowest BCUT2D eigenvalue weighted by Gasteiger charge is -2.46. The molecule has 2 fully saturated rings. The third kappa shape index (κ3) is 9.97. The Morgan fingerprint density at radius 2 is 1.52 bits per heavy atom. The zero-order valence-corrected chi connectivity index (χ0v) is 24.5. The first-order valence-electron chi connectivity index (χ1n) is 14.7. The van der Waals surface area contributed by atoms with Crippen molar-refractivity contribution in [1.29, 1.82) is 0 Å². The van der Waals surface area contributed by atoms with Gasteiger partial charge in [0.05, 0.1) is 32.2 Å². The van der Waals surface area contributed by atoms with Crippen molar-refractivity contribution in [3.05, 3.63) is 59.7 Å². The Kier molecular flexibility index (Phi) is 11.6. The molecule has 0 aliphatic carbocycles. The minimum Gasteiger partial charge on any atom is -0.508 e. The van der Waals surface area contributed by atoms with E-state index in [9.17, 15) is 19.5 Å². The number of carbonyl (C=O) groups is 3. The SMILES string of the molecule is CC(=O)[C@H](Cc1ccc(O)cc1)NC(=O)Nc1ccc(C(=O)NC(C)C)cc1.CC1CCC[N+]2(CCCCC2)C1. The summed E-state index contributed by atoms with van der Waals surface area (Å²) in [5.41, 5.74) is 1.82. The average Bonchev–Trinajstić information content (AvgIpc) is 2.90. The van der Waals surface area contributed by atoms with E-state index in [0.29, 0.717) is 17.7 Å². The number of Topliss-reactive ketones (excluding diaryl/α,β-unsaturated/α-hetero) is 1. The first-order chi connectivity index (χ1) is 19.0. The summed E-state index contributed by atoms with van der Waals surface area (Å²) in [6, 6.07) is 11.8. The van der Waals surface area contributed by atoms with Crippen molar-refractivity contribution in [3.63, 3.8) is 0 Å². The Morgan fingerprint density at radius 1 is 0.900 bits per heavy atom. The van der Waals surface area contributed by atoms with Gasteiger partial charge in [0.15, 0.2) is 5.78 Å². The topological polar surface area (TPSA) is 108 Å². The maximum Gasteiger partial charge on any atom is 0.319 e. The second-order valence-corrected chi connectivity index (χ2v) is 11.8. The minimum atomic E-state index is -0.694. The number of carbonyl (C=O) groups excluding carboxylic acids is 3. The predicted molar refractivity (Wildman–Crippen MR) is 159 cm³/mol. The van der Waals surface area contributed by atoms with Crippen LogP contribution in [0.25, 0.3) is 0 Å². The fourth-order valence-electron chi connectivity index (χ4n) is 5.75. The number of phenols is 1. The van der Waals surface area contributed by atoms with Crippen molar-refractivity contribution in [2.75, 3.05) is 31.5 Å². The van der Waals surface area contributed by atoms with E-state index in [0.717, 1.165) is 11.5 Å². The number of benzene rings is 2. The Morgan fingerprint density at radius 3 is 2.10 bits per heavy atom. The molecule has 0 saturated carbocycles. The van der Waals surface area contributed by atoms with Gasteiger partial charge in [-0.15, -0.1) is 0 Å². The molecule has 0 aromatic heterocycles. The fourth-order valence-corrected chi connectivity index (χ4v) is 5.75. The van der Waals surface area contributed by atoms with Gasteiger partial charge in [0.2, 0.25) is 0 Å². The highest BCUT2D eigenvalue weighted by Crippen LogP contribution is 2.27. The van der Waals surface area contributed by atoms with E-state index in [-0.39, 0.29) is 23.5 Å². The van der Waals surface area contributed by atoms with Crippen molar-refractivity contribution in [2.24, 2.45) is 5.92 Å². The van der Waals surface area contributed by atoms with Crippen LogP contribution in [0.3, 0.4) is 0 Å². The van der Waals surface area contributed by atoms with E-state index in [1.54, 1.807) is 36.4 Å². The molecule has 1 spiro atoms. The molecule has 1 unspecified atom stereocenters. The summed E-state index contributed by atoms with van der Waals surface area (Å²) in [6.07, 6.45) is 7.77. The molecule has 4 N–H and O–H groups in total. The highest BCUT2D eigenvalue weighted by Gasteiger charge is 2.34. The molecule has 2 heterocycles. The molecule has 8 nitrogen and oxygen atoms in total. The molecule has 3 amide bonds. The molecule has 2 aromatic carbocycles. The van der Waals surface area contributed by atoms with Crippen LogP contribution in [-0.2, 0) is 11.2 Å². The normalized spacial score (nSPS) is 18.7. The molecule has 2 aromatic rings. The smallest absolute Gasteiger partial charge is 0.319 e. The minimum absolute atomic E-state index is 0.0353. The number of nitrogens with one attached hydrogen (secondary N) is 3. The number of quaternary nitrogens is 1. The molecular formula is C32H47N4O4+. The average molecular weight is 552 g/mol. The van der Waals surface area contributed by atoms with Gasteiger partial charge in [0, 0.05) is 23.2 Å². The van der Waals surface area contributed by atoms with Crippen LogP contribution in [0.4, 0.5) is 10.5 Å². The fraction of sp³-hybridized carbons (Fsp3) is 0.531. The van der Waals surface area contributed by atoms with Crippen molar-refractivity contribution >= 4 is 23.4 Å². The molecule has 218 valence electrons. The van der Waals surface area contributed by atoms with Gasteiger partial charge in [-0.2, -0.15) is 0 Å². The Balaban J connectivity index is 0.000000302. The molecule has 2 aliphatic rings. The Hall–Kier alpha value is -3.39. The number of aromatic hydroxyl groups is 1. The summed E-state index contributed by atoms with van der Waals surface area (Å²) in [5.74, 6) is 0.775. The van der Waals surface area contributed by atoms with E-state index in [1.807, 2.05) is 13.8 Å². The molecule has 0 radical (unpaired) electrons. The number of hydrogen-bond acceptors (Lipinski definition) is 4. The van der Waals surface area contributed by atoms with Gasteiger partial charge in [-0.25, -0.2) is 4.79 Å². The summed E-state index contributed by atoms with van der Waals surface area (Å²) in [6.45, 7) is 13.6. The quantitative estimate of drug-likeness (QED) is 0.352. The van der Waals surface area contributed by atoms with Crippen LogP contribution in [0, 0.1) is 5.92 Å². The monoisotopic (exact) mass is 551 g/mol. The van der Waals surface area contributed by atoms with Crippen molar-refractivity contribution < 1.29 is 24.0 Å². The Bertz CT molecular complexity index is 1100. The predicted octanol–water partition coefficient (Wildman–Crippen LogP) is 5.27. The van der Waals surface area contributed by atoms with E-state index in [4.69, 9.17) is 0 Å². The maximum atomic E-state index is 12.2. The highest BCUT2D eigenvalue weighted by atomic mass is 16.3.